The molecule has 2 N–H and O–H groups in total. The monoisotopic (exact) mass is 355 g/mol. The summed E-state index contributed by atoms with van der Waals surface area (Å²) in [5.41, 5.74) is 0. The second-order valence-corrected chi connectivity index (χ2v) is 10.2. The highest BCUT2D eigenvalue weighted by Crippen LogP contribution is 2.23. The Bertz CT molecular complexity index is 520. The van der Waals surface area contributed by atoms with Gasteiger partial charge in [-0.2, -0.15) is 0 Å². The second-order valence-electron chi connectivity index (χ2n) is 7.97. The van der Waals surface area contributed by atoms with Crippen molar-refractivity contribution in [3.8, 4) is 0 Å². The SMILES string of the molecule is O=S1(=O)CCC(CN=C(NCC2CCCCC2)NC2CCCC2)C1. The number of hydrogen-bond acceptors (Lipinski definition) is 3. The maximum absolute atomic E-state index is 11.6. The molecule has 6 heteroatoms. The maximum atomic E-state index is 11.6. The summed E-state index contributed by atoms with van der Waals surface area (Å²) in [6, 6.07) is 0.537. The summed E-state index contributed by atoms with van der Waals surface area (Å²) in [6.07, 6.45) is 12.6. The van der Waals surface area contributed by atoms with Gasteiger partial charge in [-0.1, -0.05) is 32.1 Å². The van der Waals surface area contributed by atoms with E-state index in [9.17, 15) is 8.42 Å². The van der Waals surface area contributed by atoms with Gasteiger partial charge in [0.15, 0.2) is 15.8 Å². The van der Waals surface area contributed by atoms with Crippen molar-refractivity contribution in [1.29, 1.82) is 0 Å². The lowest BCUT2D eigenvalue weighted by Gasteiger charge is -2.24. The lowest BCUT2D eigenvalue weighted by molar-refractivity contribution is 0.355. The molecule has 0 bridgehead atoms. The van der Waals surface area contributed by atoms with Gasteiger partial charge in [-0.15, -0.1) is 0 Å². The summed E-state index contributed by atoms with van der Waals surface area (Å²) in [5.74, 6) is 2.54. The molecule has 3 aliphatic rings. The molecule has 0 amide bonds. The Hall–Kier alpha value is -0.780. The van der Waals surface area contributed by atoms with Gasteiger partial charge in [-0.05, 0) is 43.9 Å². The smallest absolute Gasteiger partial charge is 0.191 e. The highest BCUT2D eigenvalue weighted by molar-refractivity contribution is 7.91. The number of nitrogens with one attached hydrogen (secondary N) is 2. The van der Waals surface area contributed by atoms with Crippen LogP contribution in [0.2, 0.25) is 0 Å². The van der Waals surface area contributed by atoms with Gasteiger partial charge in [0.05, 0.1) is 11.5 Å². The van der Waals surface area contributed by atoms with E-state index in [1.165, 1.54) is 57.8 Å². The average molecular weight is 356 g/mol. The lowest BCUT2D eigenvalue weighted by atomic mass is 9.89. The zero-order valence-corrected chi connectivity index (χ0v) is 15.6. The zero-order valence-electron chi connectivity index (χ0n) is 14.8. The van der Waals surface area contributed by atoms with Crippen molar-refractivity contribution in [1.82, 2.24) is 10.6 Å². The van der Waals surface area contributed by atoms with Crippen LogP contribution in [0.25, 0.3) is 0 Å². The zero-order chi connectivity index (χ0) is 16.8. The van der Waals surface area contributed by atoms with Crippen molar-refractivity contribution in [2.45, 2.75) is 70.3 Å². The van der Waals surface area contributed by atoms with Crippen molar-refractivity contribution >= 4 is 15.8 Å². The van der Waals surface area contributed by atoms with Crippen molar-refractivity contribution in [2.75, 3.05) is 24.6 Å². The number of guanidine groups is 1. The topological polar surface area (TPSA) is 70.6 Å². The van der Waals surface area contributed by atoms with Gasteiger partial charge in [0.25, 0.3) is 0 Å². The fraction of sp³-hybridized carbons (Fsp3) is 0.944. The maximum Gasteiger partial charge on any atom is 0.191 e. The molecule has 1 heterocycles. The van der Waals surface area contributed by atoms with Crippen LogP contribution in [-0.4, -0.2) is 45.0 Å². The third-order valence-electron chi connectivity index (χ3n) is 5.81. The van der Waals surface area contributed by atoms with E-state index in [1.54, 1.807) is 0 Å². The predicted octanol–water partition coefficient (Wildman–Crippen LogP) is 2.48. The van der Waals surface area contributed by atoms with Crippen LogP contribution in [0, 0.1) is 11.8 Å². The van der Waals surface area contributed by atoms with Gasteiger partial charge in [-0.3, -0.25) is 4.99 Å². The summed E-state index contributed by atoms with van der Waals surface area (Å²) in [4.78, 5) is 4.75. The van der Waals surface area contributed by atoms with Crippen LogP contribution in [0.5, 0.6) is 0 Å². The Kier molecular flexibility index (Phi) is 6.42. The van der Waals surface area contributed by atoms with E-state index in [0.29, 0.717) is 24.1 Å². The summed E-state index contributed by atoms with van der Waals surface area (Å²) in [6.45, 7) is 1.63. The summed E-state index contributed by atoms with van der Waals surface area (Å²) >= 11 is 0. The molecule has 3 rings (SSSR count). The molecule has 2 saturated carbocycles. The fourth-order valence-electron chi connectivity index (χ4n) is 4.28. The van der Waals surface area contributed by atoms with Gasteiger partial charge in [0.1, 0.15) is 0 Å². The quantitative estimate of drug-likeness (QED) is 0.587. The van der Waals surface area contributed by atoms with E-state index in [0.717, 1.165) is 24.8 Å². The first-order valence-electron chi connectivity index (χ1n) is 9.86. The fourth-order valence-corrected chi connectivity index (χ4v) is 6.13. The van der Waals surface area contributed by atoms with E-state index in [-0.39, 0.29) is 5.92 Å². The van der Waals surface area contributed by atoms with Crippen LogP contribution in [0.1, 0.15) is 64.2 Å². The number of aliphatic imine (C=N–C) groups is 1. The van der Waals surface area contributed by atoms with Crippen LogP contribution >= 0.6 is 0 Å². The van der Waals surface area contributed by atoms with E-state index in [4.69, 9.17) is 4.99 Å². The number of sulfone groups is 1. The first-order valence-corrected chi connectivity index (χ1v) is 11.7. The molecule has 0 spiro atoms. The third kappa shape index (κ3) is 5.64. The largest absolute Gasteiger partial charge is 0.356 e. The van der Waals surface area contributed by atoms with E-state index >= 15 is 0 Å². The molecule has 1 aliphatic heterocycles. The third-order valence-corrected chi connectivity index (χ3v) is 7.65. The molecule has 0 aromatic heterocycles. The van der Waals surface area contributed by atoms with Crippen molar-refractivity contribution in [2.24, 2.45) is 16.8 Å². The molecular formula is C18H33N3O2S. The molecule has 1 unspecified atom stereocenters. The minimum Gasteiger partial charge on any atom is -0.356 e. The molecule has 1 atom stereocenters. The first kappa shape index (κ1) is 18.0. The Morgan fingerprint density at radius 1 is 0.917 bits per heavy atom. The van der Waals surface area contributed by atoms with Gasteiger partial charge >= 0.3 is 0 Å². The molecular weight excluding hydrogens is 322 g/mol. The first-order chi connectivity index (χ1) is 11.6. The van der Waals surface area contributed by atoms with Crippen molar-refractivity contribution in [3.05, 3.63) is 0 Å². The standard InChI is InChI=1S/C18H33N3O2S/c22-24(23)11-10-16(14-24)13-20-18(21-17-8-4-5-9-17)19-12-15-6-2-1-3-7-15/h15-17H,1-14H2,(H2,19,20,21). The summed E-state index contributed by atoms with van der Waals surface area (Å²) in [7, 11) is -2.81. The van der Waals surface area contributed by atoms with Crippen LogP contribution < -0.4 is 10.6 Å². The van der Waals surface area contributed by atoms with Crippen LogP contribution in [0.3, 0.4) is 0 Å². The molecule has 0 radical (unpaired) electrons. The Morgan fingerprint density at radius 3 is 2.29 bits per heavy atom. The normalized spacial score (nSPS) is 29.0. The number of rotatable bonds is 5. The van der Waals surface area contributed by atoms with Crippen molar-refractivity contribution < 1.29 is 8.42 Å². The van der Waals surface area contributed by atoms with E-state index < -0.39 is 9.84 Å². The van der Waals surface area contributed by atoms with E-state index in [1.807, 2.05) is 0 Å². The highest BCUT2D eigenvalue weighted by atomic mass is 32.2. The molecule has 138 valence electrons. The molecule has 1 saturated heterocycles. The number of hydrogen-bond donors (Lipinski definition) is 2. The molecule has 0 aromatic carbocycles. The number of nitrogens with zero attached hydrogens (tertiary/aromatic N) is 1. The highest BCUT2D eigenvalue weighted by Gasteiger charge is 2.27. The summed E-state index contributed by atoms with van der Waals surface area (Å²) < 4.78 is 23.2. The Morgan fingerprint density at radius 2 is 1.62 bits per heavy atom. The van der Waals surface area contributed by atoms with Crippen LogP contribution in [0.15, 0.2) is 4.99 Å². The van der Waals surface area contributed by atoms with Gasteiger partial charge in [-0.25, -0.2) is 8.42 Å². The Labute approximate surface area is 147 Å². The summed E-state index contributed by atoms with van der Waals surface area (Å²) in [5, 5.41) is 7.14. The minimum absolute atomic E-state index is 0.201. The molecule has 3 fully saturated rings. The average Bonchev–Trinajstić information content (AvgIpc) is 3.20. The van der Waals surface area contributed by atoms with Gasteiger partial charge in [0.2, 0.25) is 0 Å². The minimum atomic E-state index is -2.81. The van der Waals surface area contributed by atoms with Crippen LogP contribution in [-0.2, 0) is 9.84 Å². The van der Waals surface area contributed by atoms with Gasteiger partial charge < -0.3 is 10.6 Å². The molecule has 5 nitrogen and oxygen atoms in total. The van der Waals surface area contributed by atoms with Gasteiger partial charge in [0, 0.05) is 19.1 Å². The molecule has 0 aromatic rings. The van der Waals surface area contributed by atoms with Crippen LogP contribution in [0.4, 0.5) is 0 Å². The predicted molar refractivity (Wildman–Crippen MR) is 99.0 cm³/mol. The Balaban J connectivity index is 1.52. The lowest BCUT2D eigenvalue weighted by Crippen LogP contribution is -2.44. The molecule has 2 aliphatic carbocycles. The van der Waals surface area contributed by atoms with Crippen molar-refractivity contribution in [3.63, 3.8) is 0 Å². The van der Waals surface area contributed by atoms with E-state index in [2.05, 4.69) is 10.6 Å². The molecule has 24 heavy (non-hydrogen) atoms. The second kappa shape index (κ2) is 8.54.